The van der Waals surface area contributed by atoms with E-state index >= 15 is 0 Å². The molecule has 67 heavy (non-hydrogen) atoms. The summed E-state index contributed by atoms with van der Waals surface area (Å²) in [5.74, 6) is 2.60. The van der Waals surface area contributed by atoms with Crippen molar-refractivity contribution in [3.8, 4) is 39.4 Å². The minimum Gasteiger partial charge on any atom is -0.450 e. The molecule has 0 radical (unpaired) electrons. The summed E-state index contributed by atoms with van der Waals surface area (Å²) < 4.78 is 9.64. The summed E-state index contributed by atoms with van der Waals surface area (Å²) in [6.07, 6.45) is 0. The monoisotopic (exact) mass is 857 g/mol. The Morgan fingerprint density at radius 2 is 0.925 bits per heavy atom. The van der Waals surface area contributed by atoms with E-state index in [0.717, 1.165) is 73.5 Å². The van der Waals surface area contributed by atoms with Crippen LogP contribution < -0.4 is 14.5 Å². The molecule has 4 nitrogen and oxygen atoms in total. The summed E-state index contributed by atoms with van der Waals surface area (Å²) in [6, 6.07) is 93.9. The predicted molar refractivity (Wildman–Crippen MR) is 275 cm³/mol. The smallest absolute Gasteiger partial charge is 0.178 e. The average molecular weight is 858 g/mol. The van der Waals surface area contributed by atoms with Crippen molar-refractivity contribution in [2.75, 3.05) is 9.80 Å². The number of rotatable bonds is 8. The van der Waals surface area contributed by atoms with Crippen LogP contribution in [0.2, 0.25) is 0 Å². The molecule has 0 bridgehead atoms. The first kappa shape index (κ1) is 38.6. The van der Waals surface area contributed by atoms with Crippen LogP contribution >= 0.6 is 0 Å². The summed E-state index contributed by atoms with van der Waals surface area (Å²) in [6.45, 7) is 0. The third-order valence-corrected chi connectivity index (χ3v) is 13.6. The van der Waals surface area contributed by atoms with Crippen molar-refractivity contribution >= 4 is 45.2 Å². The van der Waals surface area contributed by atoms with Crippen LogP contribution in [0.25, 0.3) is 38.8 Å². The Morgan fingerprint density at radius 1 is 0.373 bits per heavy atom. The van der Waals surface area contributed by atoms with E-state index in [9.17, 15) is 0 Å². The van der Waals surface area contributed by atoms with Gasteiger partial charge in [0.15, 0.2) is 17.3 Å². The van der Waals surface area contributed by atoms with Crippen LogP contribution in [-0.2, 0) is 5.41 Å². The van der Waals surface area contributed by atoms with Crippen LogP contribution in [0.5, 0.6) is 11.5 Å². The van der Waals surface area contributed by atoms with Gasteiger partial charge in [0.05, 0.1) is 16.6 Å². The number of hydrogen-bond acceptors (Lipinski definition) is 3. The van der Waals surface area contributed by atoms with Gasteiger partial charge in [-0.15, -0.1) is 0 Å². The van der Waals surface area contributed by atoms with E-state index < -0.39 is 5.41 Å². The summed E-state index contributed by atoms with van der Waals surface area (Å²) in [7, 11) is 0. The van der Waals surface area contributed by atoms with Crippen molar-refractivity contribution in [1.82, 2.24) is 4.57 Å². The molecule has 0 fully saturated rings. The Kier molecular flexibility index (Phi) is 9.04. The molecule has 0 N–H and O–H groups in total. The van der Waals surface area contributed by atoms with Gasteiger partial charge in [-0.2, -0.15) is 0 Å². The highest BCUT2D eigenvalue weighted by Gasteiger charge is 2.46. The van der Waals surface area contributed by atoms with Crippen molar-refractivity contribution in [3.63, 3.8) is 0 Å². The fraction of sp³-hybridized carbons (Fsp3) is 0.0159. The zero-order valence-corrected chi connectivity index (χ0v) is 36.6. The second-order valence-corrected chi connectivity index (χ2v) is 17.2. The first-order valence-electron chi connectivity index (χ1n) is 22.9. The van der Waals surface area contributed by atoms with Crippen LogP contribution in [0, 0.1) is 0 Å². The standard InChI is InChI=1S/C63H43N3O/c1-6-23-45(24-7-1)63(46-25-8-2-9-26-46)56-37-18-16-34-53(56)54-41-40-51(43-57(54)63)64(47-27-10-3-11-28-47)50-33-20-22-44(42-50)52-36-21-39-59-60(52)67-61-55-35-17-19-38-58(55)65(48-29-12-4-13-30-48)62(61)66(59)49-31-14-5-15-32-49/h1-43H. The van der Waals surface area contributed by atoms with E-state index in [1.807, 2.05) is 0 Å². The molecule has 4 heteroatoms. The Bertz CT molecular complexity index is 3570. The summed E-state index contributed by atoms with van der Waals surface area (Å²) in [4.78, 5) is 4.75. The molecular weight excluding hydrogens is 815 g/mol. The number of nitrogens with zero attached hydrogens (tertiary/aromatic N) is 3. The maximum Gasteiger partial charge on any atom is 0.178 e. The lowest BCUT2D eigenvalue weighted by Crippen LogP contribution is -2.28. The Morgan fingerprint density at radius 3 is 1.66 bits per heavy atom. The number of anilines is 6. The Balaban J connectivity index is 0.999. The van der Waals surface area contributed by atoms with Gasteiger partial charge in [-0.1, -0.05) is 182 Å². The Hall–Kier alpha value is -8.86. The summed E-state index contributed by atoms with van der Waals surface area (Å²) in [5.41, 5.74) is 16.4. The first-order chi connectivity index (χ1) is 33.3. The molecule has 11 aromatic rings. The van der Waals surface area contributed by atoms with Crippen molar-refractivity contribution in [2.24, 2.45) is 0 Å². The molecule has 1 aromatic heterocycles. The molecule has 1 aliphatic heterocycles. The van der Waals surface area contributed by atoms with Gasteiger partial charge in [0, 0.05) is 39.4 Å². The lowest BCUT2D eigenvalue weighted by Gasteiger charge is -2.35. The van der Waals surface area contributed by atoms with Crippen molar-refractivity contribution in [1.29, 1.82) is 0 Å². The Labute approximate surface area is 390 Å². The minimum atomic E-state index is -0.526. The lowest BCUT2D eigenvalue weighted by molar-refractivity contribution is 0.483. The number of fused-ring (bicyclic) bond motifs is 7. The van der Waals surface area contributed by atoms with Crippen molar-refractivity contribution < 1.29 is 4.74 Å². The largest absolute Gasteiger partial charge is 0.450 e. The van der Waals surface area contributed by atoms with Crippen LogP contribution in [0.3, 0.4) is 0 Å². The van der Waals surface area contributed by atoms with E-state index in [4.69, 9.17) is 4.74 Å². The highest BCUT2D eigenvalue weighted by molar-refractivity contribution is 6.03. The SMILES string of the molecule is c1ccc(N(c2cccc(-c3cccc4c3Oc3c(n(-c5ccccc5)c5ccccc35)N4c3ccccc3)c2)c2ccc3c(c2)C(c2ccccc2)(c2ccccc2)c2ccccc2-3)cc1. The fourth-order valence-electron chi connectivity index (χ4n) is 10.8. The highest BCUT2D eigenvalue weighted by atomic mass is 16.5. The maximum atomic E-state index is 7.31. The van der Waals surface area contributed by atoms with Gasteiger partial charge in [0.1, 0.15) is 0 Å². The number of benzene rings is 10. The lowest BCUT2D eigenvalue weighted by atomic mass is 9.67. The van der Waals surface area contributed by atoms with E-state index in [0.29, 0.717) is 0 Å². The van der Waals surface area contributed by atoms with Gasteiger partial charge in [-0.05, 0) is 118 Å². The highest BCUT2D eigenvalue weighted by Crippen LogP contribution is 2.59. The van der Waals surface area contributed by atoms with Gasteiger partial charge < -0.3 is 9.64 Å². The average Bonchev–Trinajstić information content (AvgIpc) is 3.89. The molecule has 0 atom stereocenters. The van der Waals surface area contributed by atoms with Crippen molar-refractivity contribution in [3.05, 3.63) is 283 Å². The third kappa shape index (κ3) is 6.00. The fourth-order valence-corrected chi connectivity index (χ4v) is 10.8. The summed E-state index contributed by atoms with van der Waals surface area (Å²) >= 11 is 0. The van der Waals surface area contributed by atoms with Crippen LogP contribution in [0.1, 0.15) is 22.3 Å². The number of aromatic nitrogens is 1. The minimum absolute atomic E-state index is 0.526. The van der Waals surface area contributed by atoms with Crippen molar-refractivity contribution in [2.45, 2.75) is 5.41 Å². The number of hydrogen-bond donors (Lipinski definition) is 0. The van der Waals surface area contributed by atoms with Gasteiger partial charge in [-0.25, -0.2) is 0 Å². The van der Waals surface area contributed by atoms with Crippen LogP contribution in [0.15, 0.2) is 261 Å². The van der Waals surface area contributed by atoms with E-state index in [2.05, 4.69) is 275 Å². The van der Waals surface area contributed by atoms with Crippen LogP contribution in [-0.4, -0.2) is 4.57 Å². The molecule has 1 aliphatic carbocycles. The topological polar surface area (TPSA) is 20.6 Å². The van der Waals surface area contributed by atoms with E-state index in [-0.39, 0.29) is 0 Å². The maximum absolute atomic E-state index is 7.31. The summed E-state index contributed by atoms with van der Waals surface area (Å²) in [5, 5.41) is 1.05. The second-order valence-electron chi connectivity index (χ2n) is 17.2. The first-order valence-corrected chi connectivity index (χ1v) is 22.9. The molecule has 0 unspecified atom stereocenters. The molecule has 0 amide bonds. The normalized spacial score (nSPS) is 13.0. The molecule has 13 rings (SSSR count). The molecule has 2 heterocycles. The van der Waals surface area contributed by atoms with Gasteiger partial charge >= 0.3 is 0 Å². The number of ether oxygens (including phenoxy) is 1. The molecule has 0 saturated heterocycles. The number of para-hydroxylation sites is 5. The second kappa shape index (κ2) is 15.7. The van der Waals surface area contributed by atoms with Gasteiger partial charge in [0.25, 0.3) is 0 Å². The third-order valence-electron chi connectivity index (χ3n) is 13.6. The predicted octanol–water partition coefficient (Wildman–Crippen LogP) is 16.7. The van der Waals surface area contributed by atoms with E-state index in [1.54, 1.807) is 0 Å². The molecule has 2 aliphatic rings. The zero-order chi connectivity index (χ0) is 44.3. The van der Waals surface area contributed by atoms with Gasteiger partial charge in [0.2, 0.25) is 0 Å². The van der Waals surface area contributed by atoms with Gasteiger partial charge in [-0.3, -0.25) is 9.47 Å². The molecule has 10 aromatic carbocycles. The quantitative estimate of drug-likeness (QED) is 0.152. The molecule has 0 spiro atoms. The molecule has 0 saturated carbocycles. The molecular formula is C63H43N3O. The van der Waals surface area contributed by atoms with Crippen LogP contribution in [0.4, 0.5) is 34.3 Å². The van der Waals surface area contributed by atoms with E-state index in [1.165, 1.54) is 33.4 Å². The molecule has 316 valence electrons. The zero-order valence-electron chi connectivity index (χ0n) is 36.6.